The smallest absolute Gasteiger partial charge is 0.316 e. The van der Waals surface area contributed by atoms with E-state index in [1.54, 1.807) is 6.20 Å². The summed E-state index contributed by atoms with van der Waals surface area (Å²) in [7, 11) is 3.92. The van der Waals surface area contributed by atoms with Crippen LogP contribution < -0.4 is 5.32 Å². The van der Waals surface area contributed by atoms with Gasteiger partial charge in [-0.3, -0.25) is 4.68 Å². The second-order valence-corrected chi connectivity index (χ2v) is 5.57. The molecule has 23 heavy (non-hydrogen) atoms. The van der Waals surface area contributed by atoms with Gasteiger partial charge in [-0.2, -0.15) is 5.10 Å². The van der Waals surface area contributed by atoms with Gasteiger partial charge in [0.2, 0.25) is 5.89 Å². The molecule has 1 aromatic carbocycles. The third-order valence-corrected chi connectivity index (χ3v) is 3.35. The number of anilines is 1. The maximum atomic E-state index is 5.66. The van der Waals surface area contributed by atoms with E-state index >= 15 is 0 Å². The summed E-state index contributed by atoms with van der Waals surface area (Å²) in [5.74, 6) is 0.586. The van der Waals surface area contributed by atoms with Crippen molar-refractivity contribution in [1.82, 2.24) is 24.9 Å². The highest BCUT2D eigenvalue weighted by Gasteiger charge is 2.16. The van der Waals surface area contributed by atoms with Crippen molar-refractivity contribution in [1.29, 1.82) is 0 Å². The van der Waals surface area contributed by atoms with Gasteiger partial charge in [-0.15, -0.1) is 5.10 Å². The molecule has 0 aliphatic rings. The fourth-order valence-electron chi connectivity index (χ4n) is 2.31. The third-order valence-electron chi connectivity index (χ3n) is 3.35. The van der Waals surface area contributed by atoms with Crippen LogP contribution in [-0.4, -0.2) is 39.0 Å². The van der Waals surface area contributed by atoms with E-state index in [1.807, 2.05) is 54.1 Å². The SMILES string of the molecule is CN(C)Cc1nnc(NC(Cn2cccn2)c2ccccc2)o1. The minimum absolute atomic E-state index is 0.0104. The number of aromatic nitrogens is 4. The molecule has 1 atom stereocenters. The average Bonchev–Trinajstić information content (AvgIpc) is 3.19. The molecule has 3 aromatic rings. The molecule has 0 bridgehead atoms. The van der Waals surface area contributed by atoms with Gasteiger partial charge < -0.3 is 14.6 Å². The summed E-state index contributed by atoms with van der Waals surface area (Å²) in [6.45, 7) is 1.28. The Balaban J connectivity index is 1.77. The van der Waals surface area contributed by atoms with Gasteiger partial charge in [0.25, 0.3) is 0 Å². The van der Waals surface area contributed by atoms with Crippen LogP contribution in [0.1, 0.15) is 17.5 Å². The maximum absolute atomic E-state index is 5.66. The van der Waals surface area contributed by atoms with Gasteiger partial charge in [0.15, 0.2) is 0 Å². The topological polar surface area (TPSA) is 72.0 Å². The van der Waals surface area contributed by atoms with Crippen LogP contribution >= 0.6 is 0 Å². The zero-order valence-corrected chi connectivity index (χ0v) is 13.3. The Kier molecular flexibility index (Phi) is 4.68. The minimum Gasteiger partial charge on any atom is -0.407 e. The summed E-state index contributed by atoms with van der Waals surface area (Å²) in [6, 6.07) is 12.5. The van der Waals surface area contributed by atoms with Crippen molar-refractivity contribution in [2.24, 2.45) is 0 Å². The Morgan fingerprint density at radius 1 is 1.17 bits per heavy atom. The predicted octanol–water partition coefficient (Wildman–Crippen LogP) is 2.18. The summed E-state index contributed by atoms with van der Waals surface area (Å²) in [6.07, 6.45) is 3.70. The van der Waals surface area contributed by atoms with E-state index in [1.165, 1.54) is 0 Å². The predicted molar refractivity (Wildman–Crippen MR) is 86.7 cm³/mol. The molecule has 0 aliphatic heterocycles. The van der Waals surface area contributed by atoms with Crippen LogP contribution in [0.15, 0.2) is 53.2 Å². The van der Waals surface area contributed by atoms with Crippen LogP contribution in [0.25, 0.3) is 0 Å². The first-order valence-corrected chi connectivity index (χ1v) is 7.47. The Bertz CT molecular complexity index is 707. The molecule has 0 radical (unpaired) electrons. The van der Waals surface area contributed by atoms with E-state index in [2.05, 4.69) is 32.7 Å². The molecule has 2 aromatic heterocycles. The molecule has 3 rings (SSSR count). The first-order valence-electron chi connectivity index (χ1n) is 7.47. The highest BCUT2D eigenvalue weighted by Crippen LogP contribution is 2.20. The lowest BCUT2D eigenvalue weighted by Gasteiger charge is -2.17. The van der Waals surface area contributed by atoms with Crippen molar-refractivity contribution < 1.29 is 4.42 Å². The molecule has 1 N–H and O–H groups in total. The van der Waals surface area contributed by atoms with Crippen LogP contribution in [0.4, 0.5) is 6.01 Å². The van der Waals surface area contributed by atoms with E-state index in [-0.39, 0.29) is 6.04 Å². The molecule has 0 saturated heterocycles. The van der Waals surface area contributed by atoms with E-state index in [0.29, 0.717) is 25.0 Å². The van der Waals surface area contributed by atoms with Crippen LogP contribution in [0.3, 0.4) is 0 Å². The van der Waals surface area contributed by atoms with Crippen molar-refractivity contribution >= 4 is 6.01 Å². The molecule has 0 aliphatic carbocycles. The van der Waals surface area contributed by atoms with Crippen LogP contribution in [-0.2, 0) is 13.1 Å². The zero-order valence-electron chi connectivity index (χ0n) is 13.3. The first kappa shape index (κ1) is 15.2. The lowest BCUT2D eigenvalue weighted by molar-refractivity contribution is 0.343. The third kappa shape index (κ3) is 4.17. The van der Waals surface area contributed by atoms with Gasteiger partial charge in [0.1, 0.15) is 0 Å². The lowest BCUT2D eigenvalue weighted by atomic mass is 10.1. The molecular formula is C16H20N6O. The van der Waals surface area contributed by atoms with E-state index in [4.69, 9.17) is 4.42 Å². The standard InChI is InChI=1S/C16H20N6O/c1-21(2)12-15-19-20-16(23-15)18-14(11-22-10-6-9-17-22)13-7-4-3-5-8-13/h3-10,14H,11-12H2,1-2H3,(H,18,20). The quantitative estimate of drug-likeness (QED) is 0.721. The average molecular weight is 312 g/mol. The summed E-state index contributed by atoms with van der Waals surface area (Å²) < 4.78 is 7.54. The highest BCUT2D eigenvalue weighted by molar-refractivity contribution is 5.29. The largest absolute Gasteiger partial charge is 0.407 e. The van der Waals surface area contributed by atoms with E-state index in [9.17, 15) is 0 Å². The molecule has 0 spiro atoms. The Morgan fingerprint density at radius 3 is 2.70 bits per heavy atom. The van der Waals surface area contributed by atoms with E-state index < -0.39 is 0 Å². The van der Waals surface area contributed by atoms with Gasteiger partial charge in [0.05, 0.1) is 19.1 Å². The molecule has 0 saturated carbocycles. The highest BCUT2D eigenvalue weighted by atomic mass is 16.4. The number of benzene rings is 1. The number of hydrogen-bond donors (Lipinski definition) is 1. The molecular weight excluding hydrogens is 292 g/mol. The monoisotopic (exact) mass is 312 g/mol. The van der Waals surface area contributed by atoms with Gasteiger partial charge in [0, 0.05) is 12.4 Å². The second-order valence-electron chi connectivity index (χ2n) is 5.57. The minimum atomic E-state index is -0.0104. The van der Waals surface area contributed by atoms with Gasteiger partial charge >= 0.3 is 6.01 Å². The Hall–Kier alpha value is -2.67. The van der Waals surface area contributed by atoms with Crippen LogP contribution in [0.5, 0.6) is 0 Å². The fraction of sp³-hybridized carbons (Fsp3) is 0.312. The molecule has 2 heterocycles. The van der Waals surface area contributed by atoms with Gasteiger partial charge in [-0.25, -0.2) is 0 Å². The van der Waals surface area contributed by atoms with Crippen LogP contribution in [0, 0.1) is 0 Å². The van der Waals surface area contributed by atoms with Gasteiger partial charge in [-0.05, 0) is 25.7 Å². The molecule has 0 amide bonds. The summed E-state index contributed by atoms with van der Waals surface area (Å²) in [4.78, 5) is 1.98. The lowest BCUT2D eigenvalue weighted by Crippen LogP contribution is -2.18. The van der Waals surface area contributed by atoms with Gasteiger partial charge in [-0.1, -0.05) is 35.4 Å². The number of rotatable bonds is 7. The van der Waals surface area contributed by atoms with Crippen molar-refractivity contribution in [3.05, 3.63) is 60.2 Å². The molecule has 7 heteroatoms. The molecule has 7 nitrogen and oxygen atoms in total. The van der Waals surface area contributed by atoms with Crippen molar-refractivity contribution in [2.45, 2.75) is 19.1 Å². The zero-order chi connectivity index (χ0) is 16.1. The summed E-state index contributed by atoms with van der Waals surface area (Å²) in [5.41, 5.74) is 1.13. The maximum Gasteiger partial charge on any atom is 0.316 e. The summed E-state index contributed by atoms with van der Waals surface area (Å²) in [5, 5.41) is 15.7. The summed E-state index contributed by atoms with van der Waals surface area (Å²) >= 11 is 0. The number of hydrogen-bond acceptors (Lipinski definition) is 6. The van der Waals surface area contributed by atoms with Crippen molar-refractivity contribution in [2.75, 3.05) is 19.4 Å². The van der Waals surface area contributed by atoms with Crippen LogP contribution in [0.2, 0.25) is 0 Å². The Morgan fingerprint density at radius 2 is 2.00 bits per heavy atom. The van der Waals surface area contributed by atoms with Crippen molar-refractivity contribution in [3.63, 3.8) is 0 Å². The number of nitrogens with one attached hydrogen (secondary N) is 1. The number of nitrogens with zero attached hydrogens (tertiary/aromatic N) is 5. The molecule has 0 fully saturated rings. The molecule has 1 unspecified atom stereocenters. The first-order chi connectivity index (χ1) is 11.2. The van der Waals surface area contributed by atoms with E-state index in [0.717, 1.165) is 5.56 Å². The second kappa shape index (κ2) is 7.06. The normalized spacial score (nSPS) is 12.5. The molecule has 120 valence electrons. The Labute approximate surface area is 134 Å². The van der Waals surface area contributed by atoms with Crippen molar-refractivity contribution in [3.8, 4) is 0 Å². The fourth-order valence-corrected chi connectivity index (χ4v) is 2.31.